The van der Waals surface area contributed by atoms with E-state index < -0.39 is 0 Å². The second kappa shape index (κ2) is 5.38. The molecule has 3 rings (SSSR count). The highest BCUT2D eigenvalue weighted by Crippen LogP contribution is 2.29. The maximum Gasteiger partial charge on any atom is 0.136 e. The lowest BCUT2D eigenvalue weighted by Gasteiger charge is -2.36. The van der Waals surface area contributed by atoms with Crippen LogP contribution in [0.3, 0.4) is 0 Å². The highest BCUT2D eigenvalue weighted by atomic mass is 16.5. The smallest absolute Gasteiger partial charge is 0.136 e. The Bertz CT molecular complexity index is 604. The van der Waals surface area contributed by atoms with Crippen molar-refractivity contribution in [3.63, 3.8) is 0 Å². The lowest BCUT2D eigenvalue weighted by atomic mass is 10.1. The third-order valence-electron chi connectivity index (χ3n) is 3.75. The molecule has 2 heterocycles. The molecule has 2 aromatic rings. The van der Waals surface area contributed by atoms with Crippen molar-refractivity contribution in [3.05, 3.63) is 36.0 Å². The first-order valence-electron chi connectivity index (χ1n) is 7.07. The molecule has 4 heteroatoms. The summed E-state index contributed by atoms with van der Waals surface area (Å²) in [6.45, 7) is 5.89. The Morgan fingerprint density at radius 1 is 1.20 bits per heavy atom. The van der Waals surface area contributed by atoms with Crippen LogP contribution in [0.5, 0.6) is 0 Å². The second-order valence-electron chi connectivity index (χ2n) is 5.47. The Morgan fingerprint density at radius 3 is 2.50 bits per heavy atom. The van der Waals surface area contributed by atoms with E-state index in [0.29, 0.717) is 0 Å². The molecular weight excluding hydrogens is 252 g/mol. The molecule has 4 nitrogen and oxygen atoms in total. The summed E-state index contributed by atoms with van der Waals surface area (Å²) in [6.07, 6.45) is 2.19. The van der Waals surface area contributed by atoms with Crippen LogP contribution in [0, 0.1) is 0 Å². The molecule has 0 radical (unpaired) electrons. The van der Waals surface area contributed by atoms with Gasteiger partial charge < -0.3 is 14.7 Å². The van der Waals surface area contributed by atoms with Crippen molar-refractivity contribution in [2.75, 3.05) is 18.0 Å². The summed E-state index contributed by atoms with van der Waals surface area (Å²) in [6, 6.07) is 8.12. The van der Waals surface area contributed by atoms with E-state index >= 15 is 0 Å². The summed E-state index contributed by atoms with van der Waals surface area (Å²) < 4.78 is 5.79. The molecule has 0 saturated carbocycles. The van der Waals surface area contributed by atoms with E-state index in [4.69, 9.17) is 4.74 Å². The Labute approximate surface area is 119 Å². The fraction of sp³-hybridized carbons (Fsp3) is 0.438. The number of benzene rings is 1. The van der Waals surface area contributed by atoms with E-state index in [9.17, 15) is 5.11 Å². The lowest BCUT2D eigenvalue weighted by Crippen LogP contribution is -2.45. The van der Waals surface area contributed by atoms with E-state index in [1.54, 1.807) is 6.20 Å². The number of ether oxygens (including phenoxy) is 1. The molecule has 1 aliphatic heterocycles. The summed E-state index contributed by atoms with van der Waals surface area (Å²) in [7, 11) is 0. The largest absolute Gasteiger partial charge is 0.392 e. The van der Waals surface area contributed by atoms with Crippen LogP contribution in [-0.2, 0) is 11.3 Å². The van der Waals surface area contributed by atoms with Crippen molar-refractivity contribution in [1.29, 1.82) is 0 Å². The predicted molar refractivity (Wildman–Crippen MR) is 79.9 cm³/mol. The van der Waals surface area contributed by atoms with E-state index in [1.165, 1.54) is 0 Å². The molecule has 2 atom stereocenters. The molecule has 1 N–H and O–H groups in total. The van der Waals surface area contributed by atoms with Crippen LogP contribution in [0.1, 0.15) is 19.4 Å². The van der Waals surface area contributed by atoms with E-state index in [1.807, 2.05) is 18.2 Å². The Morgan fingerprint density at radius 2 is 1.85 bits per heavy atom. The number of pyridine rings is 1. The standard InChI is InChI=1S/C16H20N2O2/c1-11-8-18(9-12(2)20-11)16-15-6-4-3-5-14(15)13(10-19)7-17-16/h3-7,11-12,19H,8-10H2,1-2H3. The average Bonchev–Trinajstić information content (AvgIpc) is 2.45. The summed E-state index contributed by atoms with van der Waals surface area (Å²) in [5, 5.41) is 11.6. The number of morpholine rings is 1. The number of aromatic nitrogens is 1. The topological polar surface area (TPSA) is 45.6 Å². The second-order valence-corrected chi connectivity index (χ2v) is 5.47. The van der Waals surface area contributed by atoms with Crippen molar-refractivity contribution in [3.8, 4) is 0 Å². The normalized spacial score (nSPS) is 23.2. The van der Waals surface area contributed by atoms with Crippen LogP contribution >= 0.6 is 0 Å². The molecule has 0 bridgehead atoms. The van der Waals surface area contributed by atoms with Crippen molar-refractivity contribution in [2.24, 2.45) is 0 Å². The van der Waals surface area contributed by atoms with Gasteiger partial charge in [0.05, 0.1) is 18.8 Å². The van der Waals surface area contributed by atoms with Crippen molar-refractivity contribution < 1.29 is 9.84 Å². The monoisotopic (exact) mass is 272 g/mol. The molecule has 1 aliphatic rings. The van der Waals surface area contributed by atoms with Gasteiger partial charge in [0, 0.05) is 30.2 Å². The van der Waals surface area contributed by atoms with Crippen LogP contribution in [0.15, 0.2) is 30.5 Å². The Kier molecular flexibility index (Phi) is 3.59. The van der Waals surface area contributed by atoms with Crippen LogP contribution in [0.4, 0.5) is 5.82 Å². The van der Waals surface area contributed by atoms with Gasteiger partial charge in [0.1, 0.15) is 5.82 Å². The van der Waals surface area contributed by atoms with Crippen molar-refractivity contribution >= 4 is 16.6 Å². The molecule has 2 unspecified atom stereocenters. The van der Waals surface area contributed by atoms with Crippen LogP contribution in [0.25, 0.3) is 10.8 Å². The van der Waals surface area contributed by atoms with E-state index in [-0.39, 0.29) is 18.8 Å². The third-order valence-corrected chi connectivity index (χ3v) is 3.75. The maximum atomic E-state index is 9.45. The zero-order valence-electron chi connectivity index (χ0n) is 11.9. The number of hydrogen-bond acceptors (Lipinski definition) is 4. The first-order valence-corrected chi connectivity index (χ1v) is 7.07. The van der Waals surface area contributed by atoms with Crippen molar-refractivity contribution in [2.45, 2.75) is 32.7 Å². The number of aliphatic hydroxyl groups is 1. The highest BCUT2D eigenvalue weighted by molar-refractivity contribution is 5.94. The summed E-state index contributed by atoms with van der Waals surface area (Å²) in [4.78, 5) is 6.86. The van der Waals surface area contributed by atoms with Crippen LogP contribution in [-0.4, -0.2) is 35.4 Å². The molecule has 20 heavy (non-hydrogen) atoms. The molecule has 106 valence electrons. The van der Waals surface area contributed by atoms with Gasteiger partial charge in [0.15, 0.2) is 0 Å². The van der Waals surface area contributed by atoms with Gasteiger partial charge in [0.25, 0.3) is 0 Å². The molecule has 0 spiro atoms. The minimum atomic E-state index is 0.0176. The summed E-state index contributed by atoms with van der Waals surface area (Å²) in [5.41, 5.74) is 0.874. The summed E-state index contributed by atoms with van der Waals surface area (Å²) in [5.74, 6) is 0.986. The van der Waals surface area contributed by atoms with Gasteiger partial charge in [0.2, 0.25) is 0 Å². The molecular formula is C16H20N2O2. The Hall–Kier alpha value is -1.65. The van der Waals surface area contributed by atoms with E-state index in [0.717, 1.165) is 35.2 Å². The highest BCUT2D eigenvalue weighted by Gasteiger charge is 2.24. The minimum Gasteiger partial charge on any atom is -0.392 e. The first-order chi connectivity index (χ1) is 9.69. The van der Waals surface area contributed by atoms with Gasteiger partial charge in [-0.25, -0.2) is 4.98 Å². The van der Waals surface area contributed by atoms with Gasteiger partial charge >= 0.3 is 0 Å². The van der Waals surface area contributed by atoms with Crippen LogP contribution in [0.2, 0.25) is 0 Å². The fourth-order valence-electron chi connectivity index (χ4n) is 2.97. The zero-order valence-corrected chi connectivity index (χ0v) is 11.9. The van der Waals surface area contributed by atoms with Gasteiger partial charge in [-0.1, -0.05) is 24.3 Å². The number of hydrogen-bond donors (Lipinski definition) is 1. The zero-order chi connectivity index (χ0) is 14.1. The minimum absolute atomic E-state index is 0.0176. The number of aliphatic hydroxyl groups excluding tert-OH is 1. The quantitative estimate of drug-likeness (QED) is 0.911. The number of fused-ring (bicyclic) bond motifs is 1. The van der Waals surface area contributed by atoms with E-state index in [2.05, 4.69) is 29.8 Å². The number of nitrogens with zero attached hydrogens (tertiary/aromatic N) is 2. The van der Waals surface area contributed by atoms with Gasteiger partial charge in [-0.05, 0) is 19.2 Å². The van der Waals surface area contributed by atoms with Gasteiger partial charge in [-0.15, -0.1) is 0 Å². The average molecular weight is 272 g/mol. The first kappa shape index (κ1) is 13.3. The van der Waals surface area contributed by atoms with Gasteiger partial charge in [-0.3, -0.25) is 0 Å². The molecule has 0 amide bonds. The molecule has 1 fully saturated rings. The Balaban J connectivity index is 2.08. The number of anilines is 1. The molecule has 0 aliphatic carbocycles. The molecule has 1 saturated heterocycles. The van der Waals surface area contributed by atoms with Crippen LogP contribution < -0.4 is 4.90 Å². The van der Waals surface area contributed by atoms with Gasteiger partial charge in [-0.2, -0.15) is 0 Å². The molecule has 1 aromatic carbocycles. The molecule has 1 aromatic heterocycles. The summed E-state index contributed by atoms with van der Waals surface area (Å²) >= 11 is 0. The predicted octanol–water partition coefficient (Wildman–Crippen LogP) is 2.34. The maximum absolute atomic E-state index is 9.45. The fourth-order valence-corrected chi connectivity index (χ4v) is 2.97. The number of rotatable bonds is 2. The SMILES string of the molecule is CC1CN(c2ncc(CO)c3ccccc23)CC(C)O1. The third kappa shape index (κ3) is 2.37. The lowest BCUT2D eigenvalue weighted by molar-refractivity contribution is -0.00536. The van der Waals surface area contributed by atoms with Crippen molar-refractivity contribution in [1.82, 2.24) is 4.98 Å².